The van der Waals surface area contributed by atoms with Gasteiger partial charge in [-0.15, -0.1) is 0 Å². The lowest BCUT2D eigenvalue weighted by atomic mass is 9.76. The third-order valence-electron chi connectivity index (χ3n) is 6.92. The van der Waals surface area contributed by atoms with Crippen molar-refractivity contribution in [2.24, 2.45) is 0 Å². The van der Waals surface area contributed by atoms with Crippen LogP contribution in [0.1, 0.15) is 42.7 Å². The molecule has 0 spiro atoms. The molecule has 180 valence electrons. The number of nitrogens with zero attached hydrogens (tertiary/aromatic N) is 2. The molecule has 2 aromatic rings. The average Bonchev–Trinajstić information content (AvgIpc) is 2.90. The van der Waals surface area contributed by atoms with Crippen LogP contribution in [0.2, 0.25) is 0 Å². The van der Waals surface area contributed by atoms with Crippen molar-refractivity contribution in [3.8, 4) is 34.8 Å². The Hall–Kier alpha value is -3.53. The summed E-state index contributed by atoms with van der Waals surface area (Å²) in [6.45, 7) is 0.889. The lowest BCUT2D eigenvalue weighted by Gasteiger charge is -2.44. The predicted octanol–water partition coefficient (Wildman–Crippen LogP) is 5.01. The first-order valence-corrected chi connectivity index (χ1v) is 11.5. The summed E-state index contributed by atoms with van der Waals surface area (Å²) in [4.78, 5) is 2.29. The summed E-state index contributed by atoms with van der Waals surface area (Å²) in [6.07, 6.45) is 4.26. The molecule has 2 aliphatic rings. The average molecular weight is 465 g/mol. The molecule has 0 aromatic heterocycles. The molecule has 7 heteroatoms. The van der Waals surface area contributed by atoms with Crippen LogP contribution in [0.25, 0.3) is 5.57 Å². The van der Waals surface area contributed by atoms with E-state index in [1.807, 2.05) is 24.3 Å². The van der Waals surface area contributed by atoms with E-state index in [1.165, 1.54) is 6.42 Å². The number of methoxy groups -OCH3 is 5. The van der Waals surface area contributed by atoms with Crippen LogP contribution < -0.4 is 23.7 Å². The van der Waals surface area contributed by atoms with Gasteiger partial charge in [-0.25, -0.2) is 0 Å². The smallest absolute Gasteiger partial charge is 0.203 e. The summed E-state index contributed by atoms with van der Waals surface area (Å²) in [6, 6.07) is 12.8. The quantitative estimate of drug-likeness (QED) is 0.570. The van der Waals surface area contributed by atoms with Crippen molar-refractivity contribution in [2.45, 2.75) is 37.6 Å². The fourth-order valence-corrected chi connectivity index (χ4v) is 5.32. The molecule has 0 radical (unpaired) electrons. The van der Waals surface area contributed by atoms with Crippen molar-refractivity contribution < 1.29 is 23.7 Å². The van der Waals surface area contributed by atoms with Gasteiger partial charge < -0.3 is 28.6 Å². The maximum absolute atomic E-state index is 10.4. The van der Waals surface area contributed by atoms with Crippen molar-refractivity contribution in [1.82, 2.24) is 4.90 Å². The third-order valence-corrected chi connectivity index (χ3v) is 6.92. The summed E-state index contributed by atoms with van der Waals surface area (Å²) in [5.74, 6) is 3.01. The number of allylic oxidation sites excluding steroid dienone is 2. The number of benzene rings is 2. The molecule has 0 unspecified atom stereocenters. The first-order valence-electron chi connectivity index (χ1n) is 11.5. The summed E-state index contributed by atoms with van der Waals surface area (Å²) < 4.78 is 27.9. The Labute approximate surface area is 201 Å². The van der Waals surface area contributed by atoms with Crippen LogP contribution in [0.3, 0.4) is 0 Å². The fourth-order valence-electron chi connectivity index (χ4n) is 5.32. The van der Waals surface area contributed by atoms with Gasteiger partial charge in [0.15, 0.2) is 23.0 Å². The number of ether oxygens (including phenoxy) is 5. The highest BCUT2D eigenvalue weighted by molar-refractivity contribution is 5.80. The number of hydrogen-bond donors (Lipinski definition) is 0. The second-order valence-corrected chi connectivity index (χ2v) is 8.53. The topological polar surface area (TPSA) is 73.2 Å². The molecule has 2 aromatic carbocycles. The minimum absolute atomic E-state index is 0.00314. The second-order valence-electron chi connectivity index (χ2n) is 8.53. The zero-order valence-corrected chi connectivity index (χ0v) is 20.5. The fraction of sp³-hybridized carbons (Fsp3) is 0.444. The van der Waals surface area contributed by atoms with Gasteiger partial charge in [-0.05, 0) is 61.1 Å². The lowest BCUT2D eigenvalue weighted by Crippen LogP contribution is -2.43. The van der Waals surface area contributed by atoms with Crippen LogP contribution in [0.5, 0.6) is 28.7 Å². The third kappa shape index (κ3) is 4.09. The Morgan fingerprint density at radius 1 is 0.824 bits per heavy atom. The largest absolute Gasteiger partial charge is 0.493 e. The Balaban J connectivity index is 1.95. The van der Waals surface area contributed by atoms with Crippen molar-refractivity contribution in [2.75, 3.05) is 42.1 Å². The first kappa shape index (κ1) is 23.6. The number of fused-ring (bicyclic) bond motifs is 1. The Morgan fingerprint density at radius 3 is 2.09 bits per heavy atom. The summed E-state index contributed by atoms with van der Waals surface area (Å²) in [7, 11) is 8.07. The van der Waals surface area contributed by atoms with E-state index in [9.17, 15) is 5.26 Å². The zero-order valence-electron chi connectivity index (χ0n) is 20.5. The molecular formula is C27H32N2O5. The normalized spacial score (nSPS) is 19.7. The second kappa shape index (κ2) is 10.2. The summed E-state index contributed by atoms with van der Waals surface area (Å²) >= 11 is 0. The molecule has 1 saturated heterocycles. The van der Waals surface area contributed by atoms with Crippen LogP contribution in [0.15, 0.2) is 36.0 Å². The molecule has 0 aliphatic carbocycles. The number of rotatable bonds is 7. The van der Waals surface area contributed by atoms with Crippen LogP contribution in [0.4, 0.5) is 0 Å². The van der Waals surface area contributed by atoms with E-state index in [2.05, 4.69) is 17.0 Å². The molecule has 0 bridgehead atoms. The van der Waals surface area contributed by atoms with Crippen LogP contribution in [-0.2, 0) is 0 Å². The molecule has 0 N–H and O–H groups in total. The van der Waals surface area contributed by atoms with Crippen molar-refractivity contribution >= 4 is 5.57 Å². The molecule has 2 atom stereocenters. The predicted molar refractivity (Wildman–Crippen MR) is 130 cm³/mol. The van der Waals surface area contributed by atoms with Gasteiger partial charge in [0, 0.05) is 24.1 Å². The highest BCUT2D eigenvalue weighted by atomic mass is 16.5. The number of hydrogen-bond acceptors (Lipinski definition) is 7. The molecule has 34 heavy (non-hydrogen) atoms. The Morgan fingerprint density at radius 2 is 1.50 bits per heavy atom. The highest BCUT2D eigenvalue weighted by Crippen LogP contribution is 2.50. The molecule has 0 saturated carbocycles. The number of piperidine rings is 1. The SMILES string of the molecule is COc1ccc([C@@H]2C[C@H]3CCCCN3C(C#N)=C2c2cc(OC)c(OC)c(OC)c2)cc1OC. The molecule has 2 heterocycles. The maximum Gasteiger partial charge on any atom is 0.203 e. The van der Waals surface area contributed by atoms with E-state index in [-0.39, 0.29) is 5.92 Å². The van der Waals surface area contributed by atoms with Crippen LogP contribution in [0, 0.1) is 11.3 Å². The van der Waals surface area contributed by atoms with E-state index >= 15 is 0 Å². The number of nitriles is 1. The summed E-state index contributed by atoms with van der Waals surface area (Å²) in [5.41, 5.74) is 3.64. The van der Waals surface area contributed by atoms with E-state index in [1.54, 1.807) is 35.5 Å². The van der Waals surface area contributed by atoms with Gasteiger partial charge in [0.25, 0.3) is 0 Å². The Bertz CT molecular complexity index is 1100. The van der Waals surface area contributed by atoms with Gasteiger partial charge >= 0.3 is 0 Å². The van der Waals surface area contributed by atoms with E-state index in [0.29, 0.717) is 40.5 Å². The van der Waals surface area contributed by atoms with Crippen molar-refractivity contribution in [3.63, 3.8) is 0 Å². The minimum Gasteiger partial charge on any atom is -0.493 e. The highest BCUT2D eigenvalue weighted by Gasteiger charge is 2.38. The van der Waals surface area contributed by atoms with Gasteiger partial charge in [-0.1, -0.05) is 6.07 Å². The van der Waals surface area contributed by atoms with Gasteiger partial charge in [0.1, 0.15) is 11.8 Å². The van der Waals surface area contributed by atoms with Gasteiger partial charge in [0.2, 0.25) is 5.75 Å². The van der Waals surface area contributed by atoms with E-state index < -0.39 is 0 Å². The van der Waals surface area contributed by atoms with Gasteiger partial charge in [-0.2, -0.15) is 5.26 Å². The van der Waals surface area contributed by atoms with E-state index in [0.717, 1.165) is 42.5 Å². The molecule has 1 fully saturated rings. The lowest BCUT2D eigenvalue weighted by molar-refractivity contribution is 0.177. The van der Waals surface area contributed by atoms with Crippen LogP contribution >= 0.6 is 0 Å². The Kier molecular flexibility index (Phi) is 7.06. The van der Waals surface area contributed by atoms with Gasteiger partial charge in [0.05, 0.1) is 35.5 Å². The van der Waals surface area contributed by atoms with Crippen LogP contribution in [-0.4, -0.2) is 53.0 Å². The van der Waals surface area contributed by atoms with Crippen molar-refractivity contribution in [1.29, 1.82) is 5.26 Å². The zero-order chi connectivity index (χ0) is 24.2. The molecular weight excluding hydrogens is 432 g/mol. The standard InChI is InChI=1S/C27H32N2O5/c1-30-22-10-9-17(12-23(22)31-2)20-15-19-8-6-7-11-29(19)21(16-28)26(20)18-13-24(32-3)27(34-5)25(14-18)33-4/h9-10,12-14,19-20H,6-8,11,15H2,1-5H3/t19-,20+/m1/s1. The molecule has 2 aliphatic heterocycles. The monoisotopic (exact) mass is 464 g/mol. The minimum atomic E-state index is -0.00314. The van der Waals surface area contributed by atoms with Gasteiger partial charge in [-0.3, -0.25) is 0 Å². The maximum atomic E-state index is 10.4. The molecule has 7 nitrogen and oxygen atoms in total. The first-order chi connectivity index (χ1) is 16.6. The summed E-state index contributed by atoms with van der Waals surface area (Å²) in [5, 5.41) is 10.4. The molecule has 4 rings (SSSR count). The molecule has 0 amide bonds. The van der Waals surface area contributed by atoms with E-state index in [4.69, 9.17) is 23.7 Å². The van der Waals surface area contributed by atoms with Crippen molar-refractivity contribution in [3.05, 3.63) is 47.2 Å².